The zero-order valence-electron chi connectivity index (χ0n) is 13.9. The minimum Gasteiger partial charge on any atom is -0.378 e. The Labute approximate surface area is 143 Å². The van der Waals surface area contributed by atoms with Crippen LogP contribution in [0.1, 0.15) is 25.0 Å². The molecule has 3 rings (SSSR count). The molecule has 0 aliphatic carbocycles. The van der Waals surface area contributed by atoms with Crippen LogP contribution in [0.3, 0.4) is 0 Å². The lowest BCUT2D eigenvalue weighted by molar-refractivity contribution is -0.144. The first-order chi connectivity index (χ1) is 11.9. The third kappa shape index (κ3) is 4.39. The minimum atomic E-state index is -4.17. The van der Waals surface area contributed by atoms with Gasteiger partial charge in [0, 0.05) is 37.7 Å². The van der Waals surface area contributed by atoms with Crippen molar-refractivity contribution >= 4 is 16.6 Å². The van der Waals surface area contributed by atoms with Crippen molar-refractivity contribution in [2.75, 3.05) is 25.1 Å². The van der Waals surface area contributed by atoms with Gasteiger partial charge in [0.15, 0.2) is 0 Å². The largest absolute Gasteiger partial charge is 0.389 e. The fourth-order valence-electron chi connectivity index (χ4n) is 3.49. The van der Waals surface area contributed by atoms with E-state index in [2.05, 4.69) is 4.98 Å². The van der Waals surface area contributed by atoms with E-state index in [-0.39, 0.29) is 5.82 Å². The average Bonchev–Trinajstić information content (AvgIpc) is 2.53. The zero-order chi connectivity index (χ0) is 18.0. The van der Waals surface area contributed by atoms with Gasteiger partial charge in [-0.1, -0.05) is 0 Å². The topological polar surface area (TPSA) is 25.4 Å². The van der Waals surface area contributed by atoms with Crippen LogP contribution in [-0.4, -0.2) is 31.4 Å². The number of nitrogens with zero attached hydrogens (tertiary/aromatic N) is 2. The van der Waals surface area contributed by atoms with Crippen molar-refractivity contribution in [2.45, 2.75) is 32.0 Å². The highest BCUT2D eigenvalue weighted by Gasteiger charge is 2.34. The Bertz CT molecular complexity index is 748. The quantitative estimate of drug-likeness (QED) is 0.743. The Morgan fingerprint density at radius 1 is 1.28 bits per heavy atom. The van der Waals surface area contributed by atoms with Gasteiger partial charge in [0.05, 0.1) is 17.8 Å². The molecule has 2 heterocycles. The number of aromatic nitrogens is 1. The summed E-state index contributed by atoms with van der Waals surface area (Å²) >= 11 is 0. The van der Waals surface area contributed by atoms with Gasteiger partial charge in [-0.25, -0.2) is 4.39 Å². The highest BCUT2D eigenvalue weighted by molar-refractivity contribution is 5.92. The number of rotatable bonds is 4. The number of benzene rings is 1. The summed E-state index contributed by atoms with van der Waals surface area (Å²) in [4.78, 5) is 6.36. The number of halogens is 4. The van der Waals surface area contributed by atoms with Gasteiger partial charge in [0.2, 0.25) is 0 Å². The molecule has 1 aliphatic rings. The molecule has 136 valence electrons. The Kier molecular flexibility index (Phi) is 5.13. The normalized spacial score (nSPS) is 18.8. The molecule has 0 spiro atoms. The second kappa shape index (κ2) is 7.15. The van der Waals surface area contributed by atoms with Crippen LogP contribution in [0.2, 0.25) is 0 Å². The van der Waals surface area contributed by atoms with Crippen molar-refractivity contribution in [1.29, 1.82) is 0 Å². The van der Waals surface area contributed by atoms with E-state index < -0.39 is 18.5 Å². The maximum atomic E-state index is 13.7. The van der Waals surface area contributed by atoms with Crippen molar-refractivity contribution in [2.24, 2.45) is 5.92 Å². The highest BCUT2D eigenvalue weighted by Crippen LogP contribution is 2.35. The molecule has 7 heteroatoms. The Hall–Kier alpha value is -1.89. The van der Waals surface area contributed by atoms with Gasteiger partial charge in [-0.15, -0.1) is 0 Å². The SMILES string of the molecule is COCc1cc(N2CCCC(CC(F)(F)F)C2)c2cc(F)ccc2n1. The van der Waals surface area contributed by atoms with Crippen LogP contribution in [0.4, 0.5) is 23.2 Å². The van der Waals surface area contributed by atoms with Gasteiger partial charge in [-0.2, -0.15) is 13.2 Å². The molecular formula is C18H20F4N2O. The molecule has 3 nitrogen and oxygen atoms in total. The summed E-state index contributed by atoms with van der Waals surface area (Å²) in [5, 5.41) is 0.618. The van der Waals surface area contributed by atoms with E-state index in [1.807, 2.05) is 4.90 Å². The molecule has 0 amide bonds. The molecular weight excluding hydrogens is 336 g/mol. The molecule has 1 fully saturated rings. The summed E-state index contributed by atoms with van der Waals surface area (Å²) in [5.41, 5.74) is 2.02. The molecule has 1 aromatic heterocycles. The fourth-order valence-corrected chi connectivity index (χ4v) is 3.49. The van der Waals surface area contributed by atoms with Crippen molar-refractivity contribution in [3.63, 3.8) is 0 Å². The molecule has 1 aliphatic heterocycles. The van der Waals surface area contributed by atoms with Gasteiger partial charge in [-0.3, -0.25) is 4.98 Å². The summed E-state index contributed by atoms with van der Waals surface area (Å²) in [6.07, 6.45) is -3.72. The molecule has 1 atom stereocenters. The number of ether oxygens (including phenoxy) is 1. The van der Waals surface area contributed by atoms with Gasteiger partial charge in [0.25, 0.3) is 0 Å². The van der Waals surface area contributed by atoms with E-state index in [1.54, 1.807) is 19.2 Å². The van der Waals surface area contributed by atoms with E-state index in [0.29, 0.717) is 49.1 Å². The smallest absolute Gasteiger partial charge is 0.378 e. The summed E-state index contributed by atoms with van der Waals surface area (Å²) in [6, 6.07) is 6.10. The number of methoxy groups -OCH3 is 1. The first kappa shape index (κ1) is 17.9. The third-order valence-electron chi connectivity index (χ3n) is 4.47. The van der Waals surface area contributed by atoms with Crippen molar-refractivity contribution in [3.8, 4) is 0 Å². The number of fused-ring (bicyclic) bond motifs is 1. The highest BCUT2D eigenvalue weighted by atomic mass is 19.4. The molecule has 0 radical (unpaired) electrons. The number of alkyl halides is 3. The molecule has 1 aromatic carbocycles. The van der Waals surface area contributed by atoms with Crippen LogP contribution in [0, 0.1) is 11.7 Å². The summed E-state index contributed by atoms with van der Waals surface area (Å²) in [5.74, 6) is -0.838. The van der Waals surface area contributed by atoms with Gasteiger partial charge in [-0.05, 0) is 43.0 Å². The Balaban J connectivity index is 1.96. The van der Waals surface area contributed by atoms with Crippen molar-refractivity contribution < 1.29 is 22.3 Å². The Morgan fingerprint density at radius 3 is 2.80 bits per heavy atom. The standard InChI is InChI=1S/C18H20F4N2O/c1-25-11-14-8-17(15-7-13(19)4-5-16(15)23-14)24-6-2-3-12(10-24)9-18(20,21)22/h4-5,7-8,12H,2-3,6,9-11H2,1H3. The van der Waals surface area contributed by atoms with Crippen molar-refractivity contribution in [1.82, 2.24) is 4.98 Å². The summed E-state index contributed by atoms with van der Waals surface area (Å²) < 4.78 is 57.1. The number of piperidine rings is 1. The Morgan fingerprint density at radius 2 is 2.08 bits per heavy atom. The first-order valence-electron chi connectivity index (χ1n) is 8.25. The third-order valence-corrected chi connectivity index (χ3v) is 4.47. The molecule has 25 heavy (non-hydrogen) atoms. The van der Waals surface area contributed by atoms with E-state index >= 15 is 0 Å². The van der Waals surface area contributed by atoms with E-state index in [4.69, 9.17) is 4.74 Å². The predicted molar refractivity (Wildman–Crippen MR) is 88.0 cm³/mol. The van der Waals surface area contributed by atoms with Gasteiger partial charge < -0.3 is 9.64 Å². The zero-order valence-corrected chi connectivity index (χ0v) is 13.9. The number of pyridine rings is 1. The molecule has 0 saturated carbocycles. The van der Waals surface area contributed by atoms with Crippen LogP contribution >= 0.6 is 0 Å². The maximum absolute atomic E-state index is 13.7. The monoisotopic (exact) mass is 356 g/mol. The molecule has 1 saturated heterocycles. The van der Waals surface area contributed by atoms with Gasteiger partial charge in [0.1, 0.15) is 5.82 Å². The van der Waals surface area contributed by atoms with Crippen LogP contribution in [0.25, 0.3) is 10.9 Å². The van der Waals surface area contributed by atoms with Crippen LogP contribution in [-0.2, 0) is 11.3 Å². The maximum Gasteiger partial charge on any atom is 0.389 e. The van der Waals surface area contributed by atoms with E-state index in [1.165, 1.54) is 12.1 Å². The second-order valence-electron chi connectivity index (χ2n) is 6.50. The van der Waals surface area contributed by atoms with E-state index in [9.17, 15) is 17.6 Å². The number of hydrogen-bond donors (Lipinski definition) is 0. The fraction of sp³-hybridized carbons (Fsp3) is 0.500. The molecule has 2 aromatic rings. The van der Waals surface area contributed by atoms with Gasteiger partial charge >= 0.3 is 6.18 Å². The summed E-state index contributed by atoms with van der Waals surface area (Å²) in [6.45, 7) is 1.25. The first-order valence-corrected chi connectivity index (χ1v) is 8.25. The summed E-state index contributed by atoms with van der Waals surface area (Å²) in [7, 11) is 1.55. The minimum absolute atomic E-state index is 0.292. The lowest BCUT2D eigenvalue weighted by Gasteiger charge is -2.35. The number of hydrogen-bond acceptors (Lipinski definition) is 3. The van der Waals surface area contributed by atoms with E-state index in [0.717, 1.165) is 5.69 Å². The predicted octanol–water partition coefficient (Wildman–Crippen LogP) is 4.69. The molecule has 0 N–H and O–H groups in total. The van der Waals surface area contributed by atoms with Crippen LogP contribution in [0.5, 0.6) is 0 Å². The number of anilines is 1. The molecule has 0 bridgehead atoms. The lowest BCUT2D eigenvalue weighted by Crippen LogP contribution is -2.37. The van der Waals surface area contributed by atoms with Crippen molar-refractivity contribution in [3.05, 3.63) is 35.8 Å². The van der Waals surface area contributed by atoms with Crippen LogP contribution < -0.4 is 4.90 Å². The van der Waals surface area contributed by atoms with Crippen LogP contribution in [0.15, 0.2) is 24.3 Å². The molecule has 1 unspecified atom stereocenters. The average molecular weight is 356 g/mol. The second-order valence-corrected chi connectivity index (χ2v) is 6.50. The lowest BCUT2D eigenvalue weighted by atomic mass is 9.93.